The molecule has 0 fully saturated rings. The van der Waals surface area contributed by atoms with Gasteiger partial charge in [-0.15, -0.1) is 5.10 Å². The zero-order valence-electron chi connectivity index (χ0n) is 24.4. The zero-order chi connectivity index (χ0) is 29.5. The van der Waals surface area contributed by atoms with Crippen molar-refractivity contribution in [3.05, 3.63) is 57.7 Å². The van der Waals surface area contributed by atoms with Crippen LogP contribution in [0.1, 0.15) is 59.1 Å². The molecule has 220 valence electrons. The molecule has 2 heterocycles. The molecule has 1 atom stereocenters. The predicted octanol–water partition coefficient (Wildman–Crippen LogP) is 7.30. The molecule has 1 aliphatic heterocycles. The minimum Gasteiger partial charge on any atom is -0.493 e. The van der Waals surface area contributed by atoms with E-state index in [0.717, 1.165) is 28.6 Å². The van der Waals surface area contributed by atoms with E-state index in [1.807, 2.05) is 50.2 Å². The molecule has 2 N–H and O–H groups in total. The Balaban J connectivity index is 1.78. The number of benzene rings is 2. The van der Waals surface area contributed by atoms with Crippen molar-refractivity contribution in [2.75, 3.05) is 36.7 Å². The van der Waals surface area contributed by atoms with Gasteiger partial charge in [-0.05, 0) is 78.4 Å². The number of carbonyl (C=O) groups excluding carboxylic acids is 1. The number of anilines is 2. The van der Waals surface area contributed by atoms with Crippen LogP contribution in [0, 0.1) is 5.92 Å². The molecular weight excluding hydrogens is 606 g/mol. The third kappa shape index (κ3) is 7.19. The van der Waals surface area contributed by atoms with E-state index in [9.17, 15) is 4.79 Å². The Kier molecular flexibility index (Phi) is 10.6. The van der Waals surface area contributed by atoms with Gasteiger partial charge in [0.25, 0.3) is 5.91 Å². The summed E-state index contributed by atoms with van der Waals surface area (Å²) in [6, 6.07) is 10.7. The lowest BCUT2D eigenvalue weighted by atomic mass is 9.94. The summed E-state index contributed by atoms with van der Waals surface area (Å²) in [6.45, 7) is 11.3. The number of thioether (sulfide) groups is 1. The lowest BCUT2D eigenvalue weighted by molar-refractivity contribution is -0.113. The Labute approximate surface area is 254 Å². The van der Waals surface area contributed by atoms with Gasteiger partial charge in [0.05, 0.1) is 36.1 Å². The number of amides is 1. The van der Waals surface area contributed by atoms with E-state index in [2.05, 4.69) is 47.3 Å². The third-order valence-electron chi connectivity index (χ3n) is 6.46. The number of ether oxygens (including phenoxy) is 3. The summed E-state index contributed by atoms with van der Waals surface area (Å²) < 4.78 is 20.1. The van der Waals surface area contributed by atoms with Gasteiger partial charge >= 0.3 is 0 Å². The van der Waals surface area contributed by atoms with Gasteiger partial charge in [-0.2, -0.15) is 4.98 Å². The number of para-hydroxylation sites is 2. The molecule has 1 unspecified atom stereocenters. The van der Waals surface area contributed by atoms with E-state index in [0.29, 0.717) is 64.4 Å². The highest BCUT2D eigenvalue weighted by Crippen LogP contribution is 2.43. The highest BCUT2D eigenvalue weighted by molar-refractivity contribution is 9.10. The van der Waals surface area contributed by atoms with Crippen molar-refractivity contribution in [1.29, 1.82) is 0 Å². The highest BCUT2D eigenvalue weighted by atomic mass is 79.9. The quantitative estimate of drug-likeness (QED) is 0.187. The van der Waals surface area contributed by atoms with E-state index in [1.165, 1.54) is 0 Å². The van der Waals surface area contributed by atoms with E-state index in [1.54, 1.807) is 23.6 Å². The van der Waals surface area contributed by atoms with Crippen LogP contribution >= 0.6 is 27.7 Å². The third-order valence-corrected chi connectivity index (χ3v) is 8.09. The SMILES string of the molecule is CCCSc1nc2n(n1)C(c1cc(Br)c(OCCC(C)C)c(OC)c1)C(C(=O)Nc1ccccc1OCC)=C(C)N2. The van der Waals surface area contributed by atoms with Crippen molar-refractivity contribution in [2.24, 2.45) is 5.92 Å². The van der Waals surface area contributed by atoms with Crippen molar-refractivity contribution in [3.63, 3.8) is 0 Å². The monoisotopic (exact) mass is 643 g/mol. The largest absolute Gasteiger partial charge is 0.493 e. The molecule has 4 rings (SSSR count). The number of allylic oxidation sites excluding steroid dienone is 1. The Morgan fingerprint density at radius 1 is 1.20 bits per heavy atom. The molecule has 3 aromatic rings. The van der Waals surface area contributed by atoms with Crippen LogP contribution in [0.5, 0.6) is 17.2 Å². The van der Waals surface area contributed by atoms with Crippen LogP contribution in [0.3, 0.4) is 0 Å². The molecule has 0 spiro atoms. The van der Waals surface area contributed by atoms with Crippen molar-refractivity contribution >= 4 is 45.2 Å². The predicted molar refractivity (Wildman–Crippen MR) is 167 cm³/mol. The topological polar surface area (TPSA) is 99.5 Å². The number of fused-ring (bicyclic) bond motifs is 1. The van der Waals surface area contributed by atoms with Crippen LogP contribution < -0.4 is 24.8 Å². The van der Waals surface area contributed by atoms with Gasteiger partial charge in [-0.25, -0.2) is 4.68 Å². The fourth-order valence-electron chi connectivity index (χ4n) is 4.46. The molecule has 0 aliphatic carbocycles. The van der Waals surface area contributed by atoms with Crippen molar-refractivity contribution in [2.45, 2.75) is 58.7 Å². The molecule has 11 heteroatoms. The first-order valence-electron chi connectivity index (χ1n) is 13.9. The summed E-state index contributed by atoms with van der Waals surface area (Å²) in [5.74, 6) is 3.51. The zero-order valence-corrected chi connectivity index (χ0v) is 26.8. The second kappa shape index (κ2) is 14.1. The van der Waals surface area contributed by atoms with Gasteiger partial charge in [0.15, 0.2) is 11.5 Å². The fraction of sp³-hybridized carbons (Fsp3) is 0.433. The maximum absolute atomic E-state index is 14.0. The molecular formula is C30H38BrN5O4S. The summed E-state index contributed by atoms with van der Waals surface area (Å²) in [5.41, 5.74) is 2.57. The molecule has 1 amide bonds. The van der Waals surface area contributed by atoms with Crippen LogP contribution in [-0.2, 0) is 4.79 Å². The maximum atomic E-state index is 14.0. The molecule has 2 aromatic carbocycles. The minimum absolute atomic E-state index is 0.275. The summed E-state index contributed by atoms with van der Waals surface area (Å²) >= 11 is 5.29. The number of methoxy groups -OCH3 is 1. The fourth-order valence-corrected chi connectivity index (χ4v) is 5.72. The van der Waals surface area contributed by atoms with Gasteiger partial charge in [-0.1, -0.05) is 44.7 Å². The second-order valence-corrected chi connectivity index (χ2v) is 11.9. The molecule has 0 bridgehead atoms. The van der Waals surface area contributed by atoms with Gasteiger partial charge in [0.1, 0.15) is 11.8 Å². The van der Waals surface area contributed by atoms with Crippen LogP contribution in [0.2, 0.25) is 0 Å². The highest BCUT2D eigenvalue weighted by Gasteiger charge is 2.35. The van der Waals surface area contributed by atoms with E-state index in [4.69, 9.17) is 24.3 Å². The van der Waals surface area contributed by atoms with Gasteiger partial charge in [-0.3, -0.25) is 4.79 Å². The molecule has 9 nitrogen and oxygen atoms in total. The number of carbonyl (C=O) groups is 1. The van der Waals surface area contributed by atoms with Crippen LogP contribution in [0.25, 0.3) is 0 Å². The summed E-state index contributed by atoms with van der Waals surface area (Å²) in [7, 11) is 1.61. The Morgan fingerprint density at radius 3 is 2.68 bits per heavy atom. The normalized spacial score (nSPS) is 14.5. The lowest BCUT2D eigenvalue weighted by Crippen LogP contribution is -2.31. The molecule has 41 heavy (non-hydrogen) atoms. The standard InChI is InChI=1S/C30H38BrN5O4S/c1-7-15-41-30-34-29-32-19(5)25(28(37)33-22-11-9-10-12-23(22)39-8-2)26(36(29)35-30)20-16-21(31)27(24(17-20)38-6)40-14-13-18(3)4/h9-12,16-18,26H,7-8,13-15H2,1-6H3,(H,33,37)(H,32,34,35). The number of nitrogens with one attached hydrogen (secondary N) is 2. The molecule has 0 radical (unpaired) electrons. The smallest absolute Gasteiger partial charge is 0.255 e. The first-order valence-corrected chi connectivity index (χ1v) is 15.7. The number of rotatable bonds is 13. The number of aromatic nitrogens is 3. The molecule has 0 saturated carbocycles. The van der Waals surface area contributed by atoms with E-state index < -0.39 is 6.04 Å². The number of hydrogen-bond donors (Lipinski definition) is 2. The summed E-state index contributed by atoms with van der Waals surface area (Å²) in [5, 5.41) is 11.8. The van der Waals surface area contributed by atoms with Crippen molar-refractivity contribution in [3.8, 4) is 17.2 Å². The Hall–Kier alpha value is -3.18. The van der Waals surface area contributed by atoms with Gasteiger partial charge in [0, 0.05) is 11.4 Å². The van der Waals surface area contributed by atoms with E-state index in [-0.39, 0.29) is 5.91 Å². The molecule has 1 aromatic heterocycles. The first kappa shape index (κ1) is 30.8. The molecule has 0 saturated heterocycles. The van der Waals surface area contributed by atoms with Gasteiger partial charge < -0.3 is 24.8 Å². The average Bonchev–Trinajstić information content (AvgIpc) is 3.34. The lowest BCUT2D eigenvalue weighted by Gasteiger charge is -2.29. The Morgan fingerprint density at radius 2 is 1.98 bits per heavy atom. The summed E-state index contributed by atoms with van der Waals surface area (Å²) in [4.78, 5) is 18.7. The number of halogens is 1. The average molecular weight is 645 g/mol. The number of hydrogen-bond acceptors (Lipinski definition) is 8. The van der Waals surface area contributed by atoms with Gasteiger partial charge in [0.2, 0.25) is 11.1 Å². The molecule has 1 aliphatic rings. The van der Waals surface area contributed by atoms with Crippen molar-refractivity contribution in [1.82, 2.24) is 14.8 Å². The second-order valence-electron chi connectivity index (χ2n) is 10.0. The Bertz CT molecular complexity index is 1410. The van der Waals surface area contributed by atoms with Crippen LogP contribution in [-0.4, -0.2) is 46.7 Å². The van der Waals surface area contributed by atoms with Crippen LogP contribution in [0.15, 0.2) is 57.3 Å². The summed E-state index contributed by atoms with van der Waals surface area (Å²) in [6.07, 6.45) is 1.92. The minimum atomic E-state index is -0.580. The van der Waals surface area contributed by atoms with Crippen LogP contribution in [0.4, 0.5) is 11.6 Å². The number of nitrogens with zero attached hydrogens (tertiary/aromatic N) is 3. The first-order chi connectivity index (χ1) is 19.8. The van der Waals surface area contributed by atoms with Crippen molar-refractivity contribution < 1.29 is 19.0 Å². The maximum Gasteiger partial charge on any atom is 0.255 e. The van der Waals surface area contributed by atoms with E-state index >= 15 is 0 Å².